The van der Waals surface area contributed by atoms with E-state index in [2.05, 4.69) is 4.98 Å². The SMILES string of the molecule is Cc1cc(C)c(/C=C\C(=O)c2cccc(C(F)(F)F)c2)[nH]1. The predicted octanol–water partition coefficient (Wildman–Crippen LogP) is 4.55. The number of hydrogen-bond acceptors (Lipinski definition) is 1. The Morgan fingerprint density at radius 2 is 1.90 bits per heavy atom. The molecule has 2 rings (SSSR count). The van der Waals surface area contributed by atoms with Crippen molar-refractivity contribution in [1.29, 1.82) is 0 Å². The minimum absolute atomic E-state index is 0.0157. The highest BCUT2D eigenvalue weighted by Gasteiger charge is 2.30. The highest BCUT2D eigenvalue weighted by Crippen LogP contribution is 2.29. The molecule has 0 aliphatic rings. The van der Waals surface area contributed by atoms with E-state index >= 15 is 0 Å². The first-order chi connectivity index (χ1) is 9.77. The molecular weight excluding hydrogens is 279 g/mol. The van der Waals surface area contributed by atoms with Crippen LogP contribution in [0, 0.1) is 13.8 Å². The minimum Gasteiger partial charge on any atom is -0.359 e. The van der Waals surface area contributed by atoms with Gasteiger partial charge in [0.15, 0.2) is 5.78 Å². The molecule has 0 amide bonds. The standard InChI is InChI=1S/C16H14F3NO/c1-10-8-11(2)20-14(10)6-7-15(21)12-4-3-5-13(9-12)16(17,18)19/h3-9,20H,1-2H3/b7-6-. The van der Waals surface area contributed by atoms with Gasteiger partial charge in [-0.25, -0.2) is 0 Å². The number of rotatable bonds is 3. The molecule has 0 fully saturated rings. The molecule has 110 valence electrons. The highest BCUT2D eigenvalue weighted by molar-refractivity contribution is 6.06. The van der Waals surface area contributed by atoms with Crippen LogP contribution >= 0.6 is 0 Å². The summed E-state index contributed by atoms with van der Waals surface area (Å²) in [4.78, 5) is 15.0. The van der Waals surface area contributed by atoms with Crippen molar-refractivity contribution in [3.8, 4) is 0 Å². The summed E-state index contributed by atoms with van der Waals surface area (Å²) < 4.78 is 37.8. The monoisotopic (exact) mass is 293 g/mol. The maximum atomic E-state index is 12.6. The van der Waals surface area contributed by atoms with Crippen molar-refractivity contribution in [3.05, 3.63) is 64.5 Å². The lowest BCUT2D eigenvalue weighted by atomic mass is 10.1. The number of hydrogen-bond donors (Lipinski definition) is 1. The van der Waals surface area contributed by atoms with Gasteiger partial charge in [0, 0.05) is 17.0 Å². The van der Waals surface area contributed by atoms with Gasteiger partial charge in [-0.05, 0) is 49.8 Å². The first-order valence-corrected chi connectivity index (χ1v) is 6.33. The molecule has 1 heterocycles. The summed E-state index contributed by atoms with van der Waals surface area (Å²) in [6, 6.07) is 6.33. The molecule has 0 unspecified atom stereocenters. The minimum atomic E-state index is -4.45. The summed E-state index contributed by atoms with van der Waals surface area (Å²) in [5, 5.41) is 0. The Morgan fingerprint density at radius 3 is 2.48 bits per heavy atom. The molecule has 0 radical (unpaired) electrons. The molecule has 0 atom stereocenters. The van der Waals surface area contributed by atoms with Gasteiger partial charge in [0.25, 0.3) is 0 Å². The average Bonchev–Trinajstić information content (AvgIpc) is 2.73. The van der Waals surface area contributed by atoms with Crippen molar-refractivity contribution in [2.75, 3.05) is 0 Å². The lowest BCUT2D eigenvalue weighted by Crippen LogP contribution is -2.06. The van der Waals surface area contributed by atoms with Gasteiger partial charge in [0.05, 0.1) is 5.56 Å². The Balaban J connectivity index is 2.23. The Hall–Kier alpha value is -2.30. The Kier molecular flexibility index (Phi) is 4.02. The number of halogens is 3. The first kappa shape index (κ1) is 15.1. The van der Waals surface area contributed by atoms with Crippen LogP contribution in [0.2, 0.25) is 0 Å². The Bertz CT molecular complexity index is 696. The second kappa shape index (κ2) is 5.60. The van der Waals surface area contributed by atoms with E-state index in [9.17, 15) is 18.0 Å². The largest absolute Gasteiger partial charge is 0.416 e. The first-order valence-electron chi connectivity index (χ1n) is 6.33. The average molecular weight is 293 g/mol. The van der Waals surface area contributed by atoms with Gasteiger partial charge in [0.2, 0.25) is 0 Å². The fourth-order valence-corrected chi connectivity index (χ4v) is 2.03. The van der Waals surface area contributed by atoms with Crippen LogP contribution in [0.4, 0.5) is 13.2 Å². The quantitative estimate of drug-likeness (QED) is 0.653. The van der Waals surface area contributed by atoms with Crippen molar-refractivity contribution in [2.45, 2.75) is 20.0 Å². The lowest BCUT2D eigenvalue weighted by Gasteiger charge is -2.07. The zero-order chi connectivity index (χ0) is 15.6. The normalized spacial score (nSPS) is 12.0. The fourth-order valence-electron chi connectivity index (χ4n) is 2.03. The fraction of sp³-hybridized carbons (Fsp3) is 0.188. The predicted molar refractivity (Wildman–Crippen MR) is 75.1 cm³/mol. The molecule has 1 aromatic carbocycles. The van der Waals surface area contributed by atoms with Crippen LogP contribution in [0.3, 0.4) is 0 Å². The molecule has 2 aromatic rings. The van der Waals surface area contributed by atoms with E-state index in [0.29, 0.717) is 0 Å². The van der Waals surface area contributed by atoms with Crippen LogP contribution in [-0.4, -0.2) is 10.8 Å². The van der Waals surface area contributed by atoms with E-state index < -0.39 is 17.5 Å². The topological polar surface area (TPSA) is 32.9 Å². The number of allylic oxidation sites excluding steroid dienone is 1. The van der Waals surface area contributed by atoms with Crippen LogP contribution in [0.15, 0.2) is 36.4 Å². The van der Waals surface area contributed by atoms with Crippen molar-refractivity contribution in [3.63, 3.8) is 0 Å². The zero-order valence-corrected chi connectivity index (χ0v) is 11.6. The molecule has 5 heteroatoms. The van der Waals surface area contributed by atoms with E-state index in [4.69, 9.17) is 0 Å². The van der Waals surface area contributed by atoms with E-state index in [0.717, 1.165) is 29.1 Å². The number of nitrogens with one attached hydrogen (secondary N) is 1. The molecule has 0 bridgehead atoms. The van der Waals surface area contributed by atoms with Crippen LogP contribution < -0.4 is 0 Å². The van der Waals surface area contributed by atoms with Gasteiger partial charge in [-0.3, -0.25) is 4.79 Å². The number of aryl methyl sites for hydroxylation is 2. The van der Waals surface area contributed by atoms with Crippen LogP contribution in [0.1, 0.15) is 32.9 Å². The number of carbonyl (C=O) groups is 1. The van der Waals surface area contributed by atoms with Crippen molar-refractivity contribution in [2.24, 2.45) is 0 Å². The molecule has 0 aliphatic heterocycles. The third kappa shape index (κ3) is 3.62. The summed E-state index contributed by atoms with van der Waals surface area (Å²) in [6.07, 6.45) is -1.61. The van der Waals surface area contributed by atoms with Crippen LogP contribution in [-0.2, 0) is 6.18 Å². The summed E-state index contributed by atoms with van der Waals surface area (Å²) in [7, 11) is 0. The number of carbonyl (C=O) groups excluding carboxylic acids is 1. The van der Waals surface area contributed by atoms with Crippen LogP contribution in [0.5, 0.6) is 0 Å². The molecule has 1 N–H and O–H groups in total. The molecule has 0 saturated carbocycles. The van der Waals surface area contributed by atoms with Crippen molar-refractivity contribution in [1.82, 2.24) is 4.98 Å². The smallest absolute Gasteiger partial charge is 0.359 e. The number of aromatic amines is 1. The summed E-state index contributed by atoms with van der Waals surface area (Å²) >= 11 is 0. The van der Waals surface area contributed by atoms with Gasteiger partial charge in [-0.2, -0.15) is 13.2 Å². The molecule has 21 heavy (non-hydrogen) atoms. The van der Waals surface area contributed by atoms with E-state index in [1.54, 1.807) is 6.08 Å². The van der Waals surface area contributed by atoms with Gasteiger partial charge in [0.1, 0.15) is 0 Å². The molecule has 1 aromatic heterocycles. The number of ketones is 1. The van der Waals surface area contributed by atoms with Crippen LogP contribution in [0.25, 0.3) is 6.08 Å². The van der Waals surface area contributed by atoms with Gasteiger partial charge in [-0.15, -0.1) is 0 Å². The second-order valence-electron chi connectivity index (χ2n) is 4.83. The maximum absolute atomic E-state index is 12.6. The summed E-state index contributed by atoms with van der Waals surface area (Å²) in [6.45, 7) is 3.77. The molecule has 0 spiro atoms. The van der Waals surface area contributed by atoms with Gasteiger partial charge >= 0.3 is 6.18 Å². The van der Waals surface area contributed by atoms with Crippen molar-refractivity contribution >= 4 is 11.9 Å². The molecule has 0 aliphatic carbocycles. The molecule has 0 saturated heterocycles. The summed E-state index contributed by atoms with van der Waals surface area (Å²) in [5.41, 5.74) is 1.89. The number of aromatic nitrogens is 1. The van der Waals surface area contributed by atoms with E-state index in [1.807, 2.05) is 19.9 Å². The second-order valence-corrected chi connectivity index (χ2v) is 4.83. The molecule has 2 nitrogen and oxygen atoms in total. The Labute approximate surface area is 120 Å². The number of benzene rings is 1. The van der Waals surface area contributed by atoms with E-state index in [-0.39, 0.29) is 5.56 Å². The number of H-pyrrole nitrogens is 1. The lowest BCUT2D eigenvalue weighted by molar-refractivity contribution is -0.137. The Morgan fingerprint density at radius 1 is 1.19 bits per heavy atom. The van der Waals surface area contributed by atoms with Gasteiger partial charge in [-0.1, -0.05) is 12.1 Å². The zero-order valence-electron chi connectivity index (χ0n) is 11.6. The third-order valence-corrected chi connectivity index (χ3v) is 3.07. The third-order valence-electron chi connectivity index (χ3n) is 3.07. The highest BCUT2D eigenvalue weighted by atomic mass is 19.4. The van der Waals surface area contributed by atoms with E-state index in [1.165, 1.54) is 18.2 Å². The van der Waals surface area contributed by atoms with Gasteiger partial charge < -0.3 is 4.98 Å². The summed E-state index contributed by atoms with van der Waals surface area (Å²) in [5.74, 6) is -0.465. The van der Waals surface area contributed by atoms with Crippen molar-refractivity contribution < 1.29 is 18.0 Å². The molecular formula is C16H14F3NO. The maximum Gasteiger partial charge on any atom is 0.416 e. The number of alkyl halides is 3.